The van der Waals surface area contributed by atoms with Gasteiger partial charge in [0.05, 0.1) is 11.1 Å². The molecule has 2 amide bonds. The molecule has 3 aromatic rings. The number of anilines is 2. The third-order valence-electron chi connectivity index (χ3n) is 5.90. The van der Waals surface area contributed by atoms with Gasteiger partial charge in [0.2, 0.25) is 0 Å². The summed E-state index contributed by atoms with van der Waals surface area (Å²) in [5, 5.41) is 6.59. The van der Waals surface area contributed by atoms with Gasteiger partial charge in [0.1, 0.15) is 5.00 Å². The van der Waals surface area contributed by atoms with Crippen molar-refractivity contribution in [2.24, 2.45) is 11.3 Å². The number of carbonyl (C=O) groups excluding carboxylic acids is 2. The number of amides is 2. The van der Waals surface area contributed by atoms with Crippen molar-refractivity contribution < 1.29 is 9.59 Å². The van der Waals surface area contributed by atoms with E-state index in [9.17, 15) is 9.59 Å². The molecular formula is C25H27N3O2S. The molecule has 5 nitrogen and oxygen atoms in total. The van der Waals surface area contributed by atoms with Crippen molar-refractivity contribution in [1.29, 1.82) is 0 Å². The van der Waals surface area contributed by atoms with E-state index in [2.05, 4.69) is 36.4 Å². The lowest BCUT2D eigenvalue weighted by Gasteiger charge is -2.33. The Morgan fingerprint density at radius 2 is 1.81 bits per heavy atom. The van der Waals surface area contributed by atoms with Gasteiger partial charge in [0.15, 0.2) is 0 Å². The minimum atomic E-state index is -0.257. The summed E-state index contributed by atoms with van der Waals surface area (Å²) < 4.78 is 0. The molecule has 0 spiro atoms. The Kier molecular flexibility index (Phi) is 5.92. The lowest BCUT2D eigenvalue weighted by molar-refractivity contribution is 0.102. The molecule has 1 aliphatic carbocycles. The number of para-hydroxylation sites is 1. The van der Waals surface area contributed by atoms with E-state index < -0.39 is 0 Å². The SMILES string of the molecule is CC(C)(C)C1CCc2c(sc(NC(=O)c3cccnc3)c2C(=O)Nc2ccccc2)C1. The van der Waals surface area contributed by atoms with Crippen LogP contribution in [0.2, 0.25) is 0 Å². The molecule has 0 bridgehead atoms. The Hall–Kier alpha value is -2.99. The van der Waals surface area contributed by atoms with E-state index in [1.165, 1.54) is 22.4 Å². The number of thiophene rings is 1. The number of benzene rings is 1. The first-order valence-corrected chi connectivity index (χ1v) is 11.4. The fraction of sp³-hybridized carbons (Fsp3) is 0.320. The number of nitrogens with one attached hydrogen (secondary N) is 2. The topological polar surface area (TPSA) is 71.1 Å². The molecule has 2 N–H and O–H groups in total. The van der Waals surface area contributed by atoms with Crippen LogP contribution in [0.25, 0.3) is 0 Å². The van der Waals surface area contributed by atoms with Crippen molar-refractivity contribution in [2.45, 2.75) is 40.0 Å². The molecule has 0 saturated carbocycles. The van der Waals surface area contributed by atoms with Gasteiger partial charge in [-0.15, -0.1) is 11.3 Å². The van der Waals surface area contributed by atoms with Crippen molar-refractivity contribution >= 4 is 33.8 Å². The highest BCUT2D eigenvalue weighted by Gasteiger charge is 2.34. The molecule has 6 heteroatoms. The second-order valence-corrected chi connectivity index (χ2v) is 10.1. The monoisotopic (exact) mass is 433 g/mol. The van der Waals surface area contributed by atoms with E-state index in [0.717, 1.165) is 30.5 Å². The van der Waals surface area contributed by atoms with Gasteiger partial charge in [0, 0.05) is 23.0 Å². The van der Waals surface area contributed by atoms with Crippen LogP contribution in [0.4, 0.5) is 10.7 Å². The molecule has 0 radical (unpaired) electrons. The number of aromatic nitrogens is 1. The molecule has 2 heterocycles. The van der Waals surface area contributed by atoms with Crippen LogP contribution in [0.5, 0.6) is 0 Å². The van der Waals surface area contributed by atoms with Gasteiger partial charge < -0.3 is 10.6 Å². The summed E-state index contributed by atoms with van der Waals surface area (Å²) in [5.74, 6) is 0.109. The molecule has 1 aliphatic rings. The van der Waals surface area contributed by atoms with Crippen LogP contribution >= 0.6 is 11.3 Å². The molecule has 4 rings (SSSR count). The summed E-state index contributed by atoms with van der Waals surface area (Å²) in [6, 6.07) is 12.9. The van der Waals surface area contributed by atoms with Gasteiger partial charge in [-0.3, -0.25) is 14.6 Å². The number of hydrogen-bond donors (Lipinski definition) is 2. The van der Waals surface area contributed by atoms with Crippen LogP contribution in [-0.2, 0) is 12.8 Å². The molecule has 1 aromatic carbocycles. The lowest BCUT2D eigenvalue weighted by atomic mass is 9.72. The summed E-state index contributed by atoms with van der Waals surface area (Å²) in [6.07, 6.45) is 5.97. The number of nitrogens with zero attached hydrogens (tertiary/aromatic N) is 1. The molecule has 0 aliphatic heterocycles. The summed E-state index contributed by atoms with van der Waals surface area (Å²) >= 11 is 1.53. The predicted molar refractivity (Wildman–Crippen MR) is 126 cm³/mol. The second kappa shape index (κ2) is 8.63. The molecule has 160 valence electrons. The lowest BCUT2D eigenvalue weighted by Crippen LogP contribution is -2.27. The molecule has 1 unspecified atom stereocenters. The molecule has 0 fully saturated rings. The maximum absolute atomic E-state index is 13.3. The minimum absolute atomic E-state index is 0.181. The van der Waals surface area contributed by atoms with E-state index in [1.807, 2.05) is 30.3 Å². The molecule has 2 aromatic heterocycles. The Morgan fingerprint density at radius 1 is 1.03 bits per heavy atom. The number of pyridine rings is 1. The summed E-state index contributed by atoms with van der Waals surface area (Å²) in [6.45, 7) is 6.80. The average Bonchev–Trinajstić information content (AvgIpc) is 3.11. The van der Waals surface area contributed by atoms with Gasteiger partial charge in [-0.05, 0) is 60.4 Å². The smallest absolute Gasteiger partial charge is 0.258 e. The molecule has 31 heavy (non-hydrogen) atoms. The highest BCUT2D eigenvalue weighted by molar-refractivity contribution is 7.17. The van der Waals surface area contributed by atoms with Crippen molar-refractivity contribution in [2.75, 3.05) is 10.6 Å². The van der Waals surface area contributed by atoms with Crippen molar-refractivity contribution in [3.63, 3.8) is 0 Å². The Labute approximate surface area is 186 Å². The van der Waals surface area contributed by atoms with Gasteiger partial charge in [-0.2, -0.15) is 0 Å². The fourth-order valence-corrected chi connectivity index (χ4v) is 5.36. The Bertz CT molecular complexity index is 1090. The van der Waals surface area contributed by atoms with E-state index >= 15 is 0 Å². The van der Waals surface area contributed by atoms with Crippen LogP contribution in [-0.4, -0.2) is 16.8 Å². The number of hydrogen-bond acceptors (Lipinski definition) is 4. The third kappa shape index (κ3) is 4.69. The van der Waals surface area contributed by atoms with Crippen molar-refractivity contribution in [3.8, 4) is 0 Å². The zero-order chi connectivity index (χ0) is 22.0. The largest absolute Gasteiger partial charge is 0.322 e. The number of rotatable bonds is 4. The van der Waals surface area contributed by atoms with E-state index in [0.29, 0.717) is 22.0 Å². The standard InChI is InChI=1S/C25H27N3O2S/c1-25(2,3)17-11-12-19-20(14-17)31-24(28-22(29)16-8-7-13-26-15-16)21(19)23(30)27-18-9-5-4-6-10-18/h4-10,13,15,17H,11-12,14H2,1-3H3,(H,27,30)(H,28,29). The van der Waals surface area contributed by atoms with Crippen LogP contribution < -0.4 is 10.6 Å². The van der Waals surface area contributed by atoms with Crippen molar-refractivity contribution in [1.82, 2.24) is 4.98 Å². The van der Waals surface area contributed by atoms with Gasteiger partial charge in [0.25, 0.3) is 11.8 Å². The van der Waals surface area contributed by atoms with Gasteiger partial charge in [-0.1, -0.05) is 39.0 Å². The first kappa shape index (κ1) is 21.2. The van der Waals surface area contributed by atoms with Gasteiger partial charge in [-0.25, -0.2) is 0 Å². The summed E-state index contributed by atoms with van der Waals surface area (Å²) in [7, 11) is 0. The Balaban J connectivity index is 1.68. The molecular weight excluding hydrogens is 406 g/mol. The molecule has 1 atom stereocenters. The van der Waals surface area contributed by atoms with Gasteiger partial charge >= 0.3 is 0 Å². The maximum Gasteiger partial charge on any atom is 0.258 e. The highest BCUT2D eigenvalue weighted by Crippen LogP contribution is 2.44. The fourth-order valence-electron chi connectivity index (χ4n) is 4.04. The second-order valence-electron chi connectivity index (χ2n) is 9.03. The third-order valence-corrected chi connectivity index (χ3v) is 7.07. The maximum atomic E-state index is 13.3. The highest BCUT2D eigenvalue weighted by atomic mass is 32.1. The van der Waals surface area contributed by atoms with Crippen LogP contribution in [0, 0.1) is 11.3 Å². The van der Waals surface area contributed by atoms with E-state index in [1.54, 1.807) is 18.3 Å². The zero-order valence-corrected chi connectivity index (χ0v) is 18.9. The van der Waals surface area contributed by atoms with Crippen LogP contribution in [0.3, 0.4) is 0 Å². The normalized spacial score (nSPS) is 15.8. The van der Waals surface area contributed by atoms with Crippen LogP contribution in [0.1, 0.15) is 58.3 Å². The van der Waals surface area contributed by atoms with E-state index in [-0.39, 0.29) is 17.2 Å². The zero-order valence-electron chi connectivity index (χ0n) is 18.1. The summed E-state index contributed by atoms with van der Waals surface area (Å²) in [5.41, 5.74) is 3.07. The first-order valence-electron chi connectivity index (χ1n) is 10.5. The minimum Gasteiger partial charge on any atom is -0.322 e. The summed E-state index contributed by atoms with van der Waals surface area (Å²) in [4.78, 5) is 31.3. The first-order chi connectivity index (χ1) is 14.8. The number of carbonyl (C=O) groups is 2. The van der Waals surface area contributed by atoms with E-state index in [4.69, 9.17) is 0 Å². The van der Waals surface area contributed by atoms with Crippen LogP contribution in [0.15, 0.2) is 54.9 Å². The van der Waals surface area contributed by atoms with Crippen molar-refractivity contribution in [3.05, 3.63) is 76.4 Å². The Morgan fingerprint density at radius 3 is 2.48 bits per heavy atom. The average molecular weight is 434 g/mol. The quantitative estimate of drug-likeness (QED) is 0.546. The molecule has 0 saturated heterocycles. The predicted octanol–water partition coefficient (Wildman–Crippen LogP) is 5.80. The number of fused-ring (bicyclic) bond motifs is 1.